The summed E-state index contributed by atoms with van der Waals surface area (Å²) < 4.78 is 21.5. The second kappa shape index (κ2) is 7.59. The Morgan fingerprint density at radius 2 is 1.89 bits per heavy atom. The van der Waals surface area contributed by atoms with Crippen LogP contribution in [0.15, 0.2) is 36.4 Å². The van der Waals surface area contributed by atoms with Gasteiger partial charge in [0.05, 0.1) is 5.92 Å². The molecular weight excluding hydrogens is 386 g/mol. The van der Waals surface area contributed by atoms with Gasteiger partial charge in [-0.25, -0.2) is 0 Å². The van der Waals surface area contributed by atoms with E-state index in [0.29, 0.717) is 34.4 Å². The Morgan fingerprint density at radius 3 is 2.75 bits per heavy atom. The highest BCUT2D eigenvalue weighted by molar-refractivity contribution is 6.30. The highest BCUT2D eigenvalue weighted by Gasteiger charge is 2.30. The van der Waals surface area contributed by atoms with Crippen LogP contribution in [-0.2, 0) is 20.7 Å². The molecule has 2 aliphatic rings. The topological polar surface area (TPSA) is 83.1 Å². The number of benzene rings is 2. The predicted octanol–water partition coefficient (Wildman–Crippen LogP) is 3.19. The van der Waals surface area contributed by atoms with E-state index in [1.54, 1.807) is 36.4 Å². The molecule has 7 nitrogen and oxygen atoms in total. The average molecular weight is 404 g/mol. The molecular formula is C20H18ClNO6. The fraction of sp³-hybridized carbons (Fsp3) is 0.300. The van der Waals surface area contributed by atoms with E-state index in [9.17, 15) is 9.59 Å². The van der Waals surface area contributed by atoms with Crippen molar-refractivity contribution in [3.8, 4) is 17.2 Å². The molecule has 2 heterocycles. The second-order valence-electron chi connectivity index (χ2n) is 6.60. The standard InChI is InChI=1S/C20H18ClNO6/c1-11(19(23)22-15-3-5-17-18(8-15)27-10-26-17)28-20(24)13-6-12-7-14(21)2-4-16(12)25-9-13/h2-5,7-8,11,13H,6,9-10H2,1H3,(H,22,23)/t11-,13+/m0/s1. The largest absolute Gasteiger partial charge is 0.492 e. The monoisotopic (exact) mass is 403 g/mol. The molecule has 0 fully saturated rings. The number of anilines is 1. The number of carbonyl (C=O) groups is 2. The van der Waals surface area contributed by atoms with Crippen molar-refractivity contribution in [1.82, 2.24) is 0 Å². The first-order valence-electron chi connectivity index (χ1n) is 8.82. The molecule has 146 valence electrons. The van der Waals surface area contributed by atoms with Crippen LogP contribution in [0.4, 0.5) is 5.69 Å². The Morgan fingerprint density at radius 1 is 1.11 bits per heavy atom. The number of carbonyl (C=O) groups excluding carboxylic acids is 2. The highest BCUT2D eigenvalue weighted by Crippen LogP contribution is 2.34. The second-order valence-corrected chi connectivity index (χ2v) is 7.04. The lowest BCUT2D eigenvalue weighted by Gasteiger charge is -2.25. The molecule has 2 atom stereocenters. The van der Waals surface area contributed by atoms with Crippen molar-refractivity contribution in [3.63, 3.8) is 0 Å². The van der Waals surface area contributed by atoms with Gasteiger partial charge in [-0.2, -0.15) is 0 Å². The fourth-order valence-electron chi connectivity index (χ4n) is 3.06. The average Bonchev–Trinajstić information content (AvgIpc) is 3.15. The number of hydrogen-bond donors (Lipinski definition) is 1. The molecule has 2 aliphatic heterocycles. The Balaban J connectivity index is 1.34. The van der Waals surface area contributed by atoms with Crippen molar-refractivity contribution in [3.05, 3.63) is 47.0 Å². The molecule has 2 aromatic carbocycles. The van der Waals surface area contributed by atoms with Gasteiger partial charge in [0, 0.05) is 16.8 Å². The molecule has 0 bridgehead atoms. The Labute approximate surface area is 166 Å². The molecule has 0 aliphatic carbocycles. The number of halogens is 1. The van der Waals surface area contributed by atoms with E-state index in [4.69, 9.17) is 30.5 Å². The van der Waals surface area contributed by atoms with Gasteiger partial charge in [-0.1, -0.05) is 11.6 Å². The SMILES string of the molecule is C[C@H](OC(=O)[C@H]1COc2ccc(Cl)cc2C1)C(=O)Nc1ccc2c(c1)OCO2. The van der Waals surface area contributed by atoms with Crippen LogP contribution in [0.5, 0.6) is 17.2 Å². The zero-order chi connectivity index (χ0) is 19.7. The smallest absolute Gasteiger partial charge is 0.313 e. The lowest BCUT2D eigenvalue weighted by molar-refractivity contribution is -0.158. The maximum Gasteiger partial charge on any atom is 0.313 e. The summed E-state index contributed by atoms with van der Waals surface area (Å²) in [6, 6.07) is 10.3. The minimum absolute atomic E-state index is 0.151. The predicted molar refractivity (Wildman–Crippen MR) is 101 cm³/mol. The van der Waals surface area contributed by atoms with Crippen molar-refractivity contribution in [2.45, 2.75) is 19.4 Å². The lowest BCUT2D eigenvalue weighted by Crippen LogP contribution is -2.36. The van der Waals surface area contributed by atoms with Crippen molar-refractivity contribution in [1.29, 1.82) is 0 Å². The molecule has 4 rings (SSSR count). The van der Waals surface area contributed by atoms with E-state index in [0.717, 1.165) is 5.56 Å². The van der Waals surface area contributed by atoms with Crippen molar-refractivity contribution in [2.24, 2.45) is 5.92 Å². The maximum atomic E-state index is 12.5. The number of fused-ring (bicyclic) bond motifs is 2. The van der Waals surface area contributed by atoms with Crippen LogP contribution < -0.4 is 19.5 Å². The Hall–Kier alpha value is -2.93. The van der Waals surface area contributed by atoms with Crippen LogP contribution in [0.3, 0.4) is 0 Å². The van der Waals surface area contributed by atoms with Crippen molar-refractivity contribution in [2.75, 3.05) is 18.7 Å². The summed E-state index contributed by atoms with van der Waals surface area (Å²) in [5, 5.41) is 3.28. The van der Waals surface area contributed by atoms with Gasteiger partial charge in [0.15, 0.2) is 17.6 Å². The fourth-order valence-corrected chi connectivity index (χ4v) is 3.25. The van der Waals surface area contributed by atoms with Gasteiger partial charge in [-0.15, -0.1) is 0 Å². The quantitative estimate of drug-likeness (QED) is 0.789. The molecule has 0 spiro atoms. The zero-order valence-electron chi connectivity index (χ0n) is 15.1. The highest BCUT2D eigenvalue weighted by atomic mass is 35.5. The molecule has 0 radical (unpaired) electrons. The summed E-state index contributed by atoms with van der Waals surface area (Å²) in [7, 11) is 0. The summed E-state index contributed by atoms with van der Waals surface area (Å²) in [5.74, 6) is 0.467. The van der Waals surface area contributed by atoms with Gasteiger partial charge in [-0.05, 0) is 49.2 Å². The van der Waals surface area contributed by atoms with E-state index < -0.39 is 23.9 Å². The minimum atomic E-state index is -0.960. The summed E-state index contributed by atoms with van der Waals surface area (Å²) >= 11 is 6.00. The number of ether oxygens (including phenoxy) is 4. The molecule has 0 saturated carbocycles. The van der Waals surface area contributed by atoms with Gasteiger partial charge in [0.1, 0.15) is 12.4 Å². The molecule has 0 saturated heterocycles. The first-order chi connectivity index (χ1) is 13.5. The van der Waals surface area contributed by atoms with E-state index in [-0.39, 0.29) is 13.4 Å². The first-order valence-corrected chi connectivity index (χ1v) is 9.19. The van der Waals surface area contributed by atoms with Gasteiger partial charge >= 0.3 is 5.97 Å². The number of hydrogen-bond acceptors (Lipinski definition) is 6. The minimum Gasteiger partial charge on any atom is -0.492 e. The van der Waals surface area contributed by atoms with Crippen LogP contribution in [-0.4, -0.2) is 31.4 Å². The normalized spacial score (nSPS) is 17.9. The third kappa shape index (κ3) is 3.84. The molecule has 0 unspecified atom stereocenters. The van der Waals surface area contributed by atoms with Crippen molar-refractivity contribution < 1.29 is 28.5 Å². The van der Waals surface area contributed by atoms with Crippen LogP contribution in [0.2, 0.25) is 5.02 Å². The number of esters is 1. The van der Waals surface area contributed by atoms with Gasteiger partial charge in [-0.3, -0.25) is 9.59 Å². The first kappa shape index (κ1) is 18.4. The van der Waals surface area contributed by atoms with E-state index in [1.807, 2.05) is 0 Å². The summed E-state index contributed by atoms with van der Waals surface area (Å²) in [4.78, 5) is 24.8. The van der Waals surface area contributed by atoms with Crippen LogP contribution in [0.25, 0.3) is 0 Å². The summed E-state index contributed by atoms with van der Waals surface area (Å²) in [6.07, 6.45) is -0.510. The number of amides is 1. The van der Waals surface area contributed by atoms with E-state index >= 15 is 0 Å². The Kier molecular flexibility index (Phi) is 5.00. The van der Waals surface area contributed by atoms with Crippen molar-refractivity contribution >= 4 is 29.2 Å². The molecule has 2 aromatic rings. The molecule has 1 N–H and O–H groups in total. The van der Waals surface area contributed by atoms with E-state index in [1.165, 1.54) is 6.92 Å². The van der Waals surface area contributed by atoms with Gasteiger partial charge in [0.2, 0.25) is 6.79 Å². The molecule has 28 heavy (non-hydrogen) atoms. The van der Waals surface area contributed by atoms with E-state index in [2.05, 4.69) is 5.32 Å². The Bertz CT molecular complexity index is 931. The van der Waals surface area contributed by atoms with Gasteiger partial charge in [0.25, 0.3) is 5.91 Å². The molecule has 8 heteroatoms. The lowest BCUT2D eigenvalue weighted by atomic mass is 9.97. The molecule has 0 aromatic heterocycles. The van der Waals surface area contributed by atoms with Gasteiger partial charge < -0.3 is 24.3 Å². The summed E-state index contributed by atoms with van der Waals surface area (Å²) in [6.45, 7) is 1.87. The maximum absolute atomic E-state index is 12.5. The zero-order valence-corrected chi connectivity index (χ0v) is 15.8. The third-order valence-corrected chi connectivity index (χ3v) is 4.80. The molecule has 1 amide bonds. The third-order valence-electron chi connectivity index (χ3n) is 4.56. The van der Waals surface area contributed by atoms with Crippen LogP contribution in [0.1, 0.15) is 12.5 Å². The van der Waals surface area contributed by atoms with Crippen LogP contribution in [0, 0.1) is 5.92 Å². The summed E-state index contributed by atoms with van der Waals surface area (Å²) in [5.41, 5.74) is 1.37. The number of rotatable bonds is 4. The number of nitrogens with one attached hydrogen (secondary N) is 1. The van der Waals surface area contributed by atoms with Crippen LogP contribution >= 0.6 is 11.6 Å².